The van der Waals surface area contributed by atoms with Crippen LogP contribution in [0.3, 0.4) is 0 Å². The molecule has 14 heavy (non-hydrogen) atoms. The van der Waals surface area contributed by atoms with Gasteiger partial charge in [0.1, 0.15) is 6.20 Å². The predicted molar refractivity (Wildman–Crippen MR) is 45.4 cm³/mol. The van der Waals surface area contributed by atoms with Crippen molar-refractivity contribution < 1.29 is 14.5 Å². The van der Waals surface area contributed by atoms with Crippen LogP contribution in [0.25, 0.3) is 0 Å². The van der Waals surface area contributed by atoms with Crippen LogP contribution in [0.1, 0.15) is 20.1 Å². The highest BCUT2D eigenvalue weighted by atomic mass is 16.6. The molecule has 1 rings (SSSR count). The number of nitro groups is 1. The highest BCUT2D eigenvalue weighted by Crippen LogP contribution is 2.12. The monoisotopic (exact) mass is 199 g/mol. The van der Waals surface area contributed by atoms with Gasteiger partial charge in [0.05, 0.1) is 0 Å². The molecule has 0 aliphatic carbocycles. The molecule has 7 nitrogen and oxygen atoms in total. The summed E-state index contributed by atoms with van der Waals surface area (Å²) in [5.74, 6) is -0.724. The second-order valence-corrected chi connectivity index (χ2v) is 2.64. The van der Waals surface area contributed by atoms with E-state index in [1.165, 1.54) is 24.0 Å². The molecule has 0 aliphatic rings. The Morgan fingerprint density at radius 2 is 2.43 bits per heavy atom. The van der Waals surface area contributed by atoms with Crippen molar-refractivity contribution in [2.75, 3.05) is 0 Å². The Morgan fingerprint density at radius 1 is 1.79 bits per heavy atom. The van der Waals surface area contributed by atoms with Gasteiger partial charge in [-0.2, -0.15) is 0 Å². The first kappa shape index (κ1) is 10.2. The Labute approximate surface area is 79.5 Å². The summed E-state index contributed by atoms with van der Waals surface area (Å²) in [5.41, 5.74) is 0. The smallest absolute Gasteiger partial charge is 0.381 e. The molecule has 7 heteroatoms. The van der Waals surface area contributed by atoms with Crippen molar-refractivity contribution in [2.24, 2.45) is 0 Å². The maximum atomic E-state index is 10.6. The number of hydrogen-bond donors (Lipinski definition) is 0. The fourth-order valence-electron chi connectivity index (χ4n) is 0.920. The second kappa shape index (κ2) is 3.86. The van der Waals surface area contributed by atoms with E-state index in [0.717, 1.165) is 0 Å². The molecule has 0 saturated heterocycles. The number of rotatable bonds is 3. The number of nitrogens with zero attached hydrogens (tertiary/aromatic N) is 3. The van der Waals surface area contributed by atoms with E-state index in [1.54, 1.807) is 6.92 Å². The lowest BCUT2D eigenvalue weighted by molar-refractivity contribution is -0.389. The highest BCUT2D eigenvalue weighted by Gasteiger charge is 2.14. The lowest BCUT2D eigenvalue weighted by atomic mass is 10.6. The van der Waals surface area contributed by atoms with Crippen LogP contribution >= 0.6 is 0 Å². The van der Waals surface area contributed by atoms with Crippen molar-refractivity contribution in [3.8, 4) is 0 Å². The van der Waals surface area contributed by atoms with Crippen LogP contribution in [0.15, 0.2) is 12.5 Å². The molecule has 1 aromatic heterocycles. The summed E-state index contributed by atoms with van der Waals surface area (Å²) < 4.78 is 6.14. The lowest BCUT2D eigenvalue weighted by Gasteiger charge is -2.10. The van der Waals surface area contributed by atoms with Crippen LogP contribution in [0.4, 0.5) is 5.82 Å². The largest absolute Gasteiger partial charge is 0.442 e. The Balaban J connectivity index is 2.76. The van der Waals surface area contributed by atoms with E-state index in [-0.39, 0.29) is 5.82 Å². The summed E-state index contributed by atoms with van der Waals surface area (Å²) in [4.78, 5) is 23.8. The summed E-state index contributed by atoms with van der Waals surface area (Å²) in [5, 5.41) is 10.3. The number of hydrogen-bond acceptors (Lipinski definition) is 5. The van der Waals surface area contributed by atoms with E-state index >= 15 is 0 Å². The van der Waals surface area contributed by atoms with Crippen molar-refractivity contribution in [3.05, 3.63) is 22.6 Å². The first-order valence-electron chi connectivity index (χ1n) is 3.86. The zero-order valence-corrected chi connectivity index (χ0v) is 7.71. The van der Waals surface area contributed by atoms with Crippen molar-refractivity contribution in [1.29, 1.82) is 0 Å². The van der Waals surface area contributed by atoms with Gasteiger partial charge in [-0.1, -0.05) is 0 Å². The molecule has 0 fully saturated rings. The molecule has 1 aromatic rings. The Hall–Kier alpha value is -1.92. The number of esters is 1. The molecule has 0 bridgehead atoms. The van der Waals surface area contributed by atoms with Gasteiger partial charge in [0.15, 0.2) is 6.23 Å². The molecule has 0 saturated carbocycles. The van der Waals surface area contributed by atoms with E-state index in [4.69, 9.17) is 4.74 Å². The number of imidazole rings is 1. The van der Waals surface area contributed by atoms with Crippen LogP contribution in [0, 0.1) is 10.1 Å². The zero-order valence-electron chi connectivity index (χ0n) is 7.71. The molecule has 0 N–H and O–H groups in total. The molecule has 0 aliphatic heterocycles. The van der Waals surface area contributed by atoms with E-state index in [0.29, 0.717) is 0 Å². The SMILES string of the molecule is CC(=O)OC(C)n1cnc([N+](=O)[O-])c1. The third-order valence-corrected chi connectivity index (χ3v) is 1.53. The average Bonchev–Trinajstić information content (AvgIpc) is 2.50. The van der Waals surface area contributed by atoms with Crippen LogP contribution in [-0.4, -0.2) is 20.4 Å². The Bertz CT molecular complexity index is 360. The topological polar surface area (TPSA) is 87.3 Å². The number of carbonyl (C=O) groups is 1. The van der Waals surface area contributed by atoms with Crippen LogP contribution in [-0.2, 0) is 9.53 Å². The van der Waals surface area contributed by atoms with Gasteiger partial charge < -0.3 is 14.9 Å². The van der Waals surface area contributed by atoms with Crippen molar-refractivity contribution in [2.45, 2.75) is 20.1 Å². The van der Waals surface area contributed by atoms with E-state index in [9.17, 15) is 14.9 Å². The van der Waals surface area contributed by atoms with Crippen molar-refractivity contribution >= 4 is 11.8 Å². The molecule has 0 spiro atoms. The summed E-state index contributed by atoms with van der Waals surface area (Å²) in [6.45, 7) is 2.86. The van der Waals surface area contributed by atoms with Crippen LogP contribution in [0.2, 0.25) is 0 Å². The minimum absolute atomic E-state index is 0.274. The van der Waals surface area contributed by atoms with Crippen molar-refractivity contribution in [3.63, 3.8) is 0 Å². The predicted octanol–water partition coefficient (Wildman–Crippen LogP) is 0.873. The molecule has 0 aromatic carbocycles. The summed E-state index contributed by atoms with van der Waals surface area (Å²) in [6, 6.07) is 0. The zero-order chi connectivity index (χ0) is 10.7. The number of carbonyl (C=O) groups excluding carboxylic acids is 1. The minimum Gasteiger partial charge on any atom is -0.442 e. The summed E-state index contributed by atoms with van der Waals surface area (Å²) in [7, 11) is 0. The van der Waals surface area contributed by atoms with Gasteiger partial charge in [0.25, 0.3) is 0 Å². The van der Waals surface area contributed by atoms with E-state index in [1.807, 2.05) is 0 Å². The van der Waals surface area contributed by atoms with E-state index in [2.05, 4.69) is 4.98 Å². The third kappa shape index (κ3) is 2.28. The van der Waals surface area contributed by atoms with Crippen LogP contribution < -0.4 is 0 Å². The first-order chi connectivity index (χ1) is 6.50. The summed E-state index contributed by atoms with van der Waals surface area (Å²) in [6.07, 6.45) is 1.85. The van der Waals surface area contributed by atoms with Gasteiger partial charge >= 0.3 is 11.8 Å². The number of ether oxygens (including phenoxy) is 1. The normalized spacial score (nSPS) is 12.1. The molecular formula is C7H9N3O4. The molecule has 1 heterocycles. The van der Waals surface area contributed by atoms with Gasteiger partial charge in [0, 0.05) is 6.92 Å². The van der Waals surface area contributed by atoms with Crippen LogP contribution in [0.5, 0.6) is 0 Å². The van der Waals surface area contributed by atoms with Crippen molar-refractivity contribution in [1.82, 2.24) is 9.55 Å². The first-order valence-corrected chi connectivity index (χ1v) is 3.86. The minimum atomic E-state index is -0.614. The molecular weight excluding hydrogens is 190 g/mol. The van der Waals surface area contributed by atoms with Gasteiger partial charge in [-0.15, -0.1) is 0 Å². The Morgan fingerprint density at radius 3 is 2.86 bits per heavy atom. The Kier molecular flexibility index (Phi) is 2.80. The molecule has 1 atom stereocenters. The van der Waals surface area contributed by atoms with Gasteiger partial charge in [-0.25, -0.2) is 0 Å². The third-order valence-electron chi connectivity index (χ3n) is 1.53. The highest BCUT2D eigenvalue weighted by molar-refractivity contribution is 5.65. The van der Waals surface area contributed by atoms with Gasteiger partial charge in [-0.05, 0) is 16.8 Å². The fourth-order valence-corrected chi connectivity index (χ4v) is 0.920. The standard InChI is InChI=1S/C7H9N3O4/c1-5(14-6(2)11)9-3-7(8-4-9)10(12)13/h3-5H,1-2H3. The average molecular weight is 199 g/mol. The fraction of sp³-hybridized carbons (Fsp3) is 0.429. The van der Waals surface area contributed by atoms with E-state index < -0.39 is 17.1 Å². The molecule has 76 valence electrons. The quantitative estimate of drug-likeness (QED) is 0.409. The molecule has 0 radical (unpaired) electrons. The van der Waals surface area contributed by atoms with Gasteiger partial charge in [0.2, 0.25) is 6.33 Å². The lowest BCUT2D eigenvalue weighted by Crippen LogP contribution is -2.10. The maximum absolute atomic E-state index is 10.6. The molecule has 0 amide bonds. The van der Waals surface area contributed by atoms with Gasteiger partial charge in [-0.3, -0.25) is 9.36 Å². The second-order valence-electron chi connectivity index (χ2n) is 2.64. The maximum Gasteiger partial charge on any atom is 0.381 e. The summed E-state index contributed by atoms with van der Waals surface area (Å²) >= 11 is 0. The number of aromatic nitrogens is 2. The molecule has 1 unspecified atom stereocenters.